The number of aryl methyl sites for hydroxylation is 1. The molecule has 1 nitrogen and oxygen atoms in total. The molecule has 0 N–H and O–H groups in total. The van der Waals surface area contributed by atoms with Crippen LogP contribution in [0.2, 0.25) is 0 Å². The van der Waals surface area contributed by atoms with Gasteiger partial charge in [-0.05, 0) is 44.3 Å². The summed E-state index contributed by atoms with van der Waals surface area (Å²) >= 11 is 0. The van der Waals surface area contributed by atoms with Crippen molar-refractivity contribution in [2.45, 2.75) is 59.9 Å². The van der Waals surface area contributed by atoms with Crippen LogP contribution in [0.15, 0.2) is 24.3 Å². The number of benzene rings is 1. The van der Waals surface area contributed by atoms with Crippen LogP contribution in [-0.2, 0) is 6.54 Å². The van der Waals surface area contributed by atoms with E-state index in [0.717, 1.165) is 12.5 Å². The average Bonchev–Trinajstić information content (AvgIpc) is 2.91. The first-order chi connectivity index (χ1) is 9.15. The normalized spacial score (nSPS) is 15.4. The summed E-state index contributed by atoms with van der Waals surface area (Å²) in [5.41, 5.74) is 2.83. The first kappa shape index (κ1) is 16.2. The molecule has 1 aliphatic heterocycles. The van der Waals surface area contributed by atoms with Crippen LogP contribution in [0.4, 0.5) is 0 Å². The molecule has 0 unspecified atom stereocenters. The molecule has 108 valence electrons. The van der Waals surface area contributed by atoms with Gasteiger partial charge in [0.25, 0.3) is 0 Å². The highest BCUT2D eigenvalue weighted by molar-refractivity contribution is 5.22. The van der Waals surface area contributed by atoms with Crippen molar-refractivity contribution >= 4 is 0 Å². The Morgan fingerprint density at radius 1 is 1.11 bits per heavy atom. The van der Waals surface area contributed by atoms with E-state index in [1.807, 2.05) is 0 Å². The number of likely N-dealkylation sites (tertiary alicyclic amines) is 1. The number of nitrogens with zero attached hydrogens (tertiary/aromatic N) is 1. The van der Waals surface area contributed by atoms with Gasteiger partial charge in [-0.3, -0.25) is 4.90 Å². The first-order valence-corrected chi connectivity index (χ1v) is 7.93. The van der Waals surface area contributed by atoms with Crippen molar-refractivity contribution in [2.24, 2.45) is 5.92 Å². The minimum Gasteiger partial charge on any atom is -0.299 e. The fourth-order valence-corrected chi connectivity index (χ4v) is 2.30. The predicted molar refractivity (Wildman–Crippen MR) is 85.4 cm³/mol. The summed E-state index contributed by atoms with van der Waals surface area (Å²) in [4.78, 5) is 2.54. The molecule has 0 aliphatic carbocycles. The minimum absolute atomic E-state index is 0.935. The summed E-state index contributed by atoms with van der Waals surface area (Å²) in [7, 11) is 0. The third-order valence-electron chi connectivity index (χ3n) is 4.08. The Hall–Kier alpha value is -0.820. The lowest BCUT2D eigenvalue weighted by Gasteiger charge is -2.14. The molecule has 19 heavy (non-hydrogen) atoms. The molecule has 1 heteroatoms. The number of hydrogen-bond acceptors (Lipinski definition) is 1. The third-order valence-corrected chi connectivity index (χ3v) is 4.08. The van der Waals surface area contributed by atoms with Crippen molar-refractivity contribution in [3.63, 3.8) is 0 Å². The summed E-state index contributed by atoms with van der Waals surface area (Å²) in [6.07, 6.45) is 5.42. The Morgan fingerprint density at radius 3 is 2.21 bits per heavy atom. The fourth-order valence-electron chi connectivity index (χ4n) is 2.30. The van der Waals surface area contributed by atoms with Gasteiger partial charge in [0.15, 0.2) is 0 Å². The number of rotatable bonds is 4. The zero-order valence-electron chi connectivity index (χ0n) is 13.3. The van der Waals surface area contributed by atoms with E-state index in [4.69, 9.17) is 0 Å². The Morgan fingerprint density at radius 2 is 1.74 bits per heavy atom. The molecule has 1 aliphatic rings. The lowest BCUT2D eigenvalue weighted by atomic mass is 10.1. The van der Waals surface area contributed by atoms with Gasteiger partial charge in [-0.15, -0.1) is 0 Å². The minimum atomic E-state index is 0.935. The van der Waals surface area contributed by atoms with Crippen LogP contribution in [0.5, 0.6) is 0 Å². The van der Waals surface area contributed by atoms with Crippen LogP contribution in [0.25, 0.3) is 0 Å². The van der Waals surface area contributed by atoms with Crippen molar-refractivity contribution in [2.75, 3.05) is 13.1 Å². The molecule has 0 aromatic heterocycles. The highest BCUT2D eigenvalue weighted by Gasteiger charge is 2.11. The molecule has 0 atom stereocenters. The van der Waals surface area contributed by atoms with Gasteiger partial charge in [0.1, 0.15) is 0 Å². The second kappa shape index (κ2) is 9.14. The monoisotopic (exact) mass is 261 g/mol. The van der Waals surface area contributed by atoms with Gasteiger partial charge in [0.05, 0.1) is 0 Å². The third kappa shape index (κ3) is 6.77. The van der Waals surface area contributed by atoms with E-state index in [0.29, 0.717) is 0 Å². The van der Waals surface area contributed by atoms with Crippen LogP contribution in [0.1, 0.15) is 57.6 Å². The fraction of sp³-hybridized carbons (Fsp3) is 0.667. The smallest absolute Gasteiger partial charge is 0.0233 e. The van der Waals surface area contributed by atoms with Gasteiger partial charge in [-0.25, -0.2) is 0 Å². The van der Waals surface area contributed by atoms with Gasteiger partial charge in [0, 0.05) is 6.54 Å². The lowest BCUT2D eigenvalue weighted by Crippen LogP contribution is -2.18. The summed E-state index contributed by atoms with van der Waals surface area (Å²) in [5, 5.41) is 0. The Kier molecular flexibility index (Phi) is 7.81. The maximum atomic E-state index is 2.54. The summed E-state index contributed by atoms with van der Waals surface area (Å²) in [6.45, 7) is 12.6. The summed E-state index contributed by atoms with van der Waals surface area (Å²) < 4.78 is 0. The second-order valence-corrected chi connectivity index (χ2v) is 5.89. The molecule has 1 aromatic carbocycles. The van der Waals surface area contributed by atoms with Crippen LogP contribution in [-0.4, -0.2) is 18.0 Å². The summed E-state index contributed by atoms with van der Waals surface area (Å²) in [6, 6.07) is 8.83. The van der Waals surface area contributed by atoms with E-state index in [-0.39, 0.29) is 0 Å². The maximum Gasteiger partial charge on any atom is 0.0233 e. The van der Waals surface area contributed by atoms with E-state index in [1.165, 1.54) is 49.9 Å². The topological polar surface area (TPSA) is 3.24 Å². The molecule has 0 bridgehead atoms. The van der Waals surface area contributed by atoms with Crippen molar-refractivity contribution in [3.05, 3.63) is 35.4 Å². The van der Waals surface area contributed by atoms with Gasteiger partial charge < -0.3 is 0 Å². The van der Waals surface area contributed by atoms with E-state index in [9.17, 15) is 0 Å². The highest BCUT2D eigenvalue weighted by atomic mass is 15.1. The van der Waals surface area contributed by atoms with Crippen molar-refractivity contribution in [1.82, 2.24) is 4.90 Å². The number of hydrogen-bond donors (Lipinski definition) is 0. The highest BCUT2D eigenvalue weighted by Crippen LogP contribution is 2.13. The molecule has 2 rings (SSSR count). The van der Waals surface area contributed by atoms with Crippen molar-refractivity contribution < 1.29 is 0 Å². The molecule has 0 saturated carbocycles. The van der Waals surface area contributed by atoms with Crippen molar-refractivity contribution in [1.29, 1.82) is 0 Å². The molecule has 0 amide bonds. The average molecular weight is 261 g/mol. The van der Waals surface area contributed by atoms with Gasteiger partial charge >= 0.3 is 0 Å². The maximum absolute atomic E-state index is 2.54. The Labute approximate surface area is 120 Å². The standard InChI is InChI=1S/C12H17N.C6H14/c1-11-5-4-6-12(9-11)10-13-7-2-3-8-13;1-4-6(3)5-2/h4-6,9H,2-3,7-8,10H2,1H3;6H,4-5H2,1-3H3. The zero-order valence-corrected chi connectivity index (χ0v) is 13.3. The SMILES string of the molecule is CCC(C)CC.Cc1cccc(CN2CCCC2)c1. The van der Waals surface area contributed by atoms with Crippen LogP contribution in [0, 0.1) is 12.8 Å². The van der Waals surface area contributed by atoms with E-state index < -0.39 is 0 Å². The Bertz CT molecular complexity index is 335. The molecule has 1 fully saturated rings. The molecule has 0 spiro atoms. The van der Waals surface area contributed by atoms with Gasteiger partial charge in [-0.2, -0.15) is 0 Å². The van der Waals surface area contributed by atoms with E-state index in [1.54, 1.807) is 0 Å². The molecule has 0 radical (unpaired) electrons. The Balaban J connectivity index is 0.000000258. The van der Waals surface area contributed by atoms with Gasteiger partial charge in [-0.1, -0.05) is 63.4 Å². The molecular formula is C18H31N. The molecule has 1 heterocycles. The first-order valence-electron chi connectivity index (χ1n) is 7.93. The summed E-state index contributed by atoms with van der Waals surface area (Å²) in [5.74, 6) is 0.935. The van der Waals surface area contributed by atoms with E-state index in [2.05, 4.69) is 56.9 Å². The molecule has 1 saturated heterocycles. The quantitative estimate of drug-likeness (QED) is 0.734. The van der Waals surface area contributed by atoms with Crippen LogP contribution in [0.3, 0.4) is 0 Å². The predicted octanol–water partition coefficient (Wildman–Crippen LogP) is 5.03. The lowest BCUT2D eigenvalue weighted by molar-refractivity contribution is 0.331. The molecule has 1 aromatic rings. The van der Waals surface area contributed by atoms with Crippen LogP contribution >= 0.6 is 0 Å². The second-order valence-electron chi connectivity index (χ2n) is 5.89. The molecular weight excluding hydrogens is 230 g/mol. The largest absolute Gasteiger partial charge is 0.299 e. The zero-order chi connectivity index (χ0) is 14.1. The van der Waals surface area contributed by atoms with E-state index >= 15 is 0 Å². The van der Waals surface area contributed by atoms with Gasteiger partial charge in [0.2, 0.25) is 0 Å². The van der Waals surface area contributed by atoms with Crippen LogP contribution < -0.4 is 0 Å². The van der Waals surface area contributed by atoms with Crippen molar-refractivity contribution in [3.8, 4) is 0 Å².